The average Bonchev–Trinajstić information content (AvgIpc) is 2.87. The van der Waals surface area contributed by atoms with Crippen molar-refractivity contribution in [3.05, 3.63) is 95.6 Å². The number of benzene rings is 3. The van der Waals surface area contributed by atoms with Gasteiger partial charge in [0, 0.05) is 0 Å². The molecule has 3 nitrogen and oxygen atoms in total. The summed E-state index contributed by atoms with van der Waals surface area (Å²) in [5.74, 6) is -0.528. The third-order valence-electron chi connectivity index (χ3n) is 6.17. The minimum atomic E-state index is -0.528. The molecule has 0 heterocycles. The third kappa shape index (κ3) is 7.16. The molecule has 0 aliphatic heterocycles. The number of unbranched alkanes of at least 4 members (excludes halogenated alkanes) is 2. The Morgan fingerprint density at radius 1 is 0.824 bits per heavy atom. The maximum Gasteiger partial charge on any atom is 0.335 e. The first-order chi connectivity index (χ1) is 16.5. The van der Waals surface area contributed by atoms with Gasteiger partial charge in [-0.05, 0) is 71.6 Å². The van der Waals surface area contributed by atoms with Gasteiger partial charge in [-0.25, -0.2) is 4.79 Å². The van der Waals surface area contributed by atoms with Gasteiger partial charge >= 0.3 is 5.97 Å². The van der Waals surface area contributed by atoms with Crippen molar-refractivity contribution in [3.8, 4) is 22.3 Å². The van der Waals surface area contributed by atoms with E-state index in [1.54, 1.807) is 0 Å². The van der Waals surface area contributed by atoms with Crippen LogP contribution in [0.1, 0.15) is 49.3 Å². The standard InChI is InChI=1S/C31H36O3/c1-4-5-6-8-25-10-14-27(15-11-25)29-18-19-30(23(2)21-29)28-16-12-26(13-17-28)9-7-20-34-31(33)24(3)22-32/h10-19,21,32H,3-9,20,22H2,1-2H3. The van der Waals surface area contributed by atoms with Crippen LogP contribution in [0.25, 0.3) is 22.3 Å². The number of aliphatic hydroxyl groups is 1. The summed E-state index contributed by atoms with van der Waals surface area (Å²) in [6.07, 6.45) is 6.52. The van der Waals surface area contributed by atoms with Crippen LogP contribution >= 0.6 is 0 Å². The molecule has 0 aliphatic carbocycles. The highest BCUT2D eigenvalue weighted by Gasteiger charge is 2.08. The van der Waals surface area contributed by atoms with Gasteiger partial charge in [0.25, 0.3) is 0 Å². The van der Waals surface area contributed by atoms with Gasteiger partial charge in [0.1, 0.15) is 0 Å². The summed E-state index contributed by atoms with van der Waals surface area (Å²) in [5.41, 5.74) is 8.91. The second-order valence-electron chi connectivity index (χ2n) is 8.88. The molecule has 3 aromatic rings. The van der Waals surface area contributed by atoms with Crippen LogP contribution in [0, 0.1) is 6.92 Å². The molecular formula is C31H36O3. The van der Waals surface area contributed by atoms with Crippen LogP contribution in [0.3, 0.4) is 0 Å². The normalized spacial score (nSPS) is 10.8. The van der Waals surface area contributed by atoms with Crippen LogP contribution in [0.4, 0.5) is 0 Å². The lowest BCUT2D eigenvalue weighted by Gasteiger charge is -2.11. The molecule has 1 N–H and O–H groups in total. The van der Waals surface area contributed by atoms with Crippen molar-refractivity contribution >= 4 is 5.97 Å². The van der Waals surface area contributed by atoms with Crippen molar-refractivity contribution in [2.24, 2.45) is 0 Å². The van der Waals surface area contributed by atoms with Gasteiger partial charge in [-0.15, -0.1) is 0 Å². The number of rotatable bonds is 12. The smallest absolute Gasteiger partial charge is 0.335 e. The highest BCUT2D eigenvalue weighted by molar-refractivity contribution is 5.87. The number of aliphatic hydroxyl groups excluding tert-OH is 1. The fraction of sp³-hybridized carbons (Fsp3) is 0.323. The van der Waals surface area contributed by atoms with E-state index in [4.69, 9.17) is 9.84 Å². The molecule has 0 spiro atoms. The number of hydrogen-bond donors (Lipinski definition) is 1. The van der Waals surface area contributed by atoms with Gasteiger partial charge in [-0.2, -0.15) is 0 Å². The van der Waals surface area contributed by atoms with Crippen LogP contribution in [0.2, 0.25) is 0 Å². The van der Waals surface area contributed by atoms with E-state index in [1.807, 2.05) is 0 Å². The summed E-state index contributed by atoms with van der Waals surface area (Å²) in [6, 6.07) is 24.3. The molecule has 0 aliphatic rings. The molecule has 0 saturated heterocycles. The Kier molecular flexibility index (Phi) is 9.66. The summed E-state index contributed by atoms with van der Waals surface area (Å²) in [6.45, 7) is 7.83. The number of hydrogen-bond acceptors (Lipinski definition) is 3. The van der Waals surface area contributed by atoms with E-state index >= 15 is 0 Å². The number of carbonyl (C=O) groups excluding carboxylic acids is 1. The fourth-order valence-corrected chi connectivity index (χ4v) is 4.07. The van der Waals surface area contributed by atoms with Gasteiger partial charge < -0.3 is 9.84 Å². The fourth-order valence-electron chi connectivity index (χ4n) is 4.07. The zero-order chi connectivity index (χ0) is 24.3. The minimum absolute atomic E-state index is 0.0881. The van der Waals surface area contributed by atoms with Crippen molar-refractivity contribution in [2.75, 3.05) is 13.2 Å². The molecular weight excluding hydrogens is 420 g/mol. The Bertz CT molecular complexity index is 1080. The molecule has 0 aromatic heterocycles. The van der Waals surface area contributed by atoms with Crippen LogP contribution in [0.5, 0.6) is 0 Å². The van der Waals surface area contributed by atoms with E-state index in [9.17, 15) is 4.79 Å². The highest BCUT2D eigenvalue weighted by Crippen LogP contribution is 2.29. The SMILES string of the molecule is C=C(CO)C(=O)OCCCc1ccc(-c2ccc(-c3ccc(CCCCC)cc3)cc2C)cc1. The molecule has 0 fully saturated rings. The Morgan fingerprint density at radius 3 is 2.00 bits per heavy atom. The lowest BCUT2D eigenvalue weighted by atomic mass is 9.94. The second-order valence-corrected chi connectivity index (χ2v) is 8.88. The predicted molar refractivity (Wildman–Crippen MR) is 141 cm³/mol. The Morgan fingerprint density at radius 2 is 1.41 bits per heavy atom. The van der Waals surface area contributed by atoms with Crippen LogP contribution in [-0.4, -0.2) is 24.3 Å². The summed E-state index contributed by atoms with van der Waals surface area (Å²) in [4.78, 5) is 11.5. The third-order valence-corrected chi connectivity index (χ3v) is 6.17. The first-order valence-corrected chi connectivity index (χ1v) is 12.3. The van der Waals surface area contributed by atoms with Crippen molar-refractivity contribution < 1.29 is 14.6 Å². The molecule has 0 unspecified atom stereocenters. The maximum atomic E-state index is 11.5. The van der Waals surface area contributed by atoms with Gasteiger partial charge in [0.15, 0.2) is 0 Å². The topological polar surface area (TPSA) is 46.5 Å². The minimum Gasteiger partial charge on any atom is -0.462 e. The van der Waals surface area contributed by atoms with Gasteiger partial charge in [-0.3, -0.25) is 0 Å². The first kappa shape index (κ1) is 25.5. The molecule has 34 heavy (non-hydrogen) atoms. The Hall–Kier alpha value is -3.17. The lowest BCUT2D eigenvalue weighted by molar-refractivity contribution is -0.139. The number of aryl methyl sites for hydroxylation is 3. The van der Waals surface area contributed by atoms with Crippen LogP contribution in [0.15, 0.2) is 78.9 Å². The Labute approximate surface area is 204 Å². The van der Waals surface area contributed by atoms with E-state index in [2.05, 4.69) is 87.2 Å². The second kappa shape index (κ2) is 12.9. The van der Waals surface area contributed by atoms with Gasteiger partial charge in [-0.1, -0.05) is 93.1 Å². The van der Waals surface area contributed by atoms with Crippen molar-refractivity contribution in [1.82, 2.24) is 0 Å². The highest BCUT2D eigenvalue weighted by atomic mass is 16.5. The van der Waals surface area contributed by atoms with Gasteiger partial charge in [0.05, 0.1) is 18.8 Å². The summed E-state index contributed by atoms with van der Waals surface area (Å²) in [5, 5.41) is 8.89. The molecule has 178 valence electrons. The largest absolute Gasteiger partial charge is 0.462 e. The quantitative estimate of drug-likeness (QED) is 0.180. The van der Waals surface area contributed by atoms with E-state index in [1.165, 1.54) is 58.2 Å². The van der Waals surface area contributed by atoms with E-state index in [0.717, 1.165) is 19.3 Å². The molecule has 3 aromatic carbocycles. The average molecular weight is 457 g/mol. The van der Waals surface area contributed by atoms with Gasteiger partial charge in [0.2, 0.25) is 0 Å². The molecule has 0 radical (unpaired) electrons. The number of ether oxygens (including phenoxy) is 1. The lowest BCUT2D eigenvalue weighted by Crippen LogP contribution is -2.11. The Balaban J connectivity index is 1.58. The summed E-state index contributed by atoms with van der Waals surface area (Å²) in [7, 11) is 0. The van der Waals surface area contributed by atoms with Crippen LogP contribution < -0.4 is 0 Å². The van der Waals surface area contributed by atoms with Crippen molar-refractivity contribution in [2.45, 2.75) is 52.4 Å². The molecule has 3 rings (SSSR count). The molecule has 3 heteroatoms. The zero-order valence-corrected chi connectivity index (χ0v) is 20.5. The molecule has 0 saturated carbocycles. The van der Waals surface area contributed by atoms with E-state index in [0.29, 0.717) is 6.61 Å². The van der Waals surface area contributed by atoms with Crippen molar-refractivity contribution in [1.29, 1.82) is 0 Å². The van der Waals surface area contributed by atoms with E-state index in [-0.39, 0.29) is 12.2 Å². The zero-order valence-electron chi connectivity index (χ0n) is 20.5. The first-order valence-electron chi connectivity index (χ1n) is 12.3. The molecule has 0 amide bonds. The summed E-state index contributed by atoms with van der Waals surface area (Å²) < 4.78 is 5.10. The van der Waals surface area contributed by atoms with Crippen LogP contribution in [-0.2, 0) is 22.4 Å². The number of esters is 1. The predicted octanol–water partition coefficient (Wildman–Crippen LogP) is 7.09. The van der Waals surface area contributed by atoms with E-state index < -0.39 is 5.97 Å². The molecule has 0 bridgehead atoms. The molecule has 0 atom stereocenters. The summed E-state index contributed by atoms with van der Waals surface area (Å²) >= 11 is 0. The number of carbonyl (C=O) groups is 1. The van der Waals surface area contributed by atoms with Crippen molar-refractivity contribution in [3.63, 3.8) is 0 Å². The maximum absolute atomic E-state index is 11.5. The monoisotopic (exact) mass is 456 g/mol.